The number of carbonyl (C=O) groups excluding carboxylic acids is 2. The van der Waals surface area contributed by atoms with Crippen LogP contribution in [0.25, 0.3) is 10.8 Å². The number of nitrogens with zero attached hydrogens (tertiary/aromatic N) is 2. The van der Waals surface area contributed by atoms with Gasteiger partial charge in [-0.25, -0.2) is 4.98 Å². The number of carbonyl (C=O) groups is 2. The Bertz CT molecular complexity index is 1220. The Morgan fingerprint density at radius 3 is 2.37 bits per heavy atom. The number of benzene rings is 2. The topological polar surface area (TPSA) is 135 Å². The Morgan fingerprint density at radius 1 is 1.09 bits per heavy atom. The molecule has 3 aromatic rings. The lowest BCUT2D eigenvalue weighted by Crippen LogP contribution is -2.26. The van der Waals surface area contributed by atoms with E-state index >= 15 is 0 Å². The van der Waals surface area contributed by atoms with Crippen molar-refractivity contribution in [2.75, 3.05) is 19.8 Å². The van der Waals surface area contributed by atoms with Gasteiger partial charge in [0.2, 0.25) is 0 Å². The third-order valence-corrected chi connectivity index (χ3v) is 5.43. The molecule has 0 spiro atoms. The van der Waals surface area contributed by atoms with E-state index in [1.165, 1.54) is 12.4 Å². The predicted molar refractivity (Wildman–Crippen MR) is 143 cm³/mol. The molecule has 0 bridgehead atoms. The minimum absolute atomic E-state index is 0.284. The van der Waals surface area contributed by atoms with Gasteiger partial charge in [0, 0.05) is 37.0 Å². The summed E-state index contributed by atoms with van der Waals surface area (Å²) in [4.78, 5) is 31.7. The van der Waals surface area contributed by atoms with E-state index in [9.17, 15) is 9.59 Å². The van der Waals surface area contributed by atoms with Crippen molar-refractivity contribution >= 4 is 35.0 Å². The van der Waals surface area contributed by atoms with E-state index in [4.69, 9.17) is 11.5 Å². The molecule has 2 aromatic carbocycles. The Hall–Kier alpha value is -4.04. The first kappa shape index (κ1) is 27.2. The quantitative estimate of drug-likeness (QED) is 0.225. The molecule has 35 heavy (non-hydrogen) atoms. The Balaban J connectivity index is 0.00000137. The van der Waals surface area contributed by atoms with Gasteiger partial charge in [0.15, 0.2) is 0 Å². The fourth-order valence-electron chi connectivity index (χ4n) is 3.58. The summed E-state index contributed by atoms with van der Waals surface area (Å²) in [5.74, 6) is 0.193. The molecule has 8 heteroatoms. The van der Waals surface area contributed by atoms with Crippen LogP contribution in [0, 0.1) is 13.8 Å². The highest BCUT2D eigenvalue weighted by molar-refractivity contribution is 6.12. The second-order valence-corrected chi connectivity index (χ2v) is 8.05. The van der Waals surface area contributed by atoms with Crippen LogP contribution < -0.4 is 22.1 Å². The number of nitrogen functional groups attached to an aromatic ring is 1. The van der Waals surface area contributed by atoms with Crippen molar-refractivity contribution in [3.05, 3.63) is 82.2 Å². The lowest BCUT2D eigenvalue weighted by molar-refractivity contribution is -0.117. The summed E-state index contributed by atoms with van der Waals surface area (Å²) in [6, 6.07) is 11.5. The van der Waals surface area contributed by atoms with Crippen LogP contribution in [-0.4, -0.2) is 37.5 Å². The monoisotopic (exact) mass is 474 g/mol. The van der Waals surface area contributed by atoms with Crippen LogP contribution in [0.3, 0.4) is 0 Å². The summed E-state index contributed by atoms with van der Waals surface area (Å²) >= 11 is 0. The largest absolute Gasteiger partial charge is 0.404 e. The van der Waals surface area contributed by atoms with Crippen molar-refractivity contribution in [1.82, 2.24) is 15.6 Å². The number of aliphatic imine (C=N–C) groups is 1. The number of fused-ring (bicyclic) bond motifs is 1. The smallest absolute Gasteiger partial charge is 0.254 e. The van der Waals surface area contributed by atoms with E-state index in [-0.39, 0.29) is 11.5 Å². The number of pyridine rings is 1. The number of nitrogens with one attached hydrogen (secondary N) is 2. The molecule has 0 unspecified atom stereocenters. The molecule has 0 fully saturated rings. The molecule has 1 aromatic heterocycles. The van der Waals surface area contributed by atoms with Crippen molar-refractivity contribution in [1.29, 1.82) is 0 Å². The zero-order chi connectivity index (χ0) is 25.8. The maximum absolute atomic E-state index is 12.6. The molecule has 3 rings (SSSR count). The van der Waals surface area contributed by atoms with Gasteiger partial charge >= 0.3 is 0 Å². The molecule has 0 radical (unpaired) electrons. The standard InChI is InChI=1S/C25H27N5O2.C2H7N/c1-16-11-22-21(7-9-29-24(22)27)17(2)23(16)15-30-25(32)20(12-26)14-28-13-19-5-3-18(4-6-19)8-10-31;1-3-2/h3-7,9-12,14H,8,13,15,26H2,1-2H3,(H2,27,29)(H,30,32);3H,1-2H3/b20-12+,28-14?;. The molecule has 0 aliphatic heterocycles. The Morgan fingerprint density at radius 2 is 1.74 bits per heavy atom. The number of amides is 1. The predicted octanol–water partition coefficient (Wildman–Crippen LogP) is 2.74. The maximum atomic E-state index is 12.6. The van der Waals surface area contributed by atoms with Crippen LogP contribution in [0.15, 0.2) is 59.4 Å². The minimum atomic E-state index is -0.300. The van der Waals surface area contributed by atoms with Gasteiger partial charge in [-0.15, -0.1) is 0 Å². The molecule has 0 atom stereocenters. The summed E-state index contributed by atoms with van der Waals surface area (Å²) in [6.45, 7) is 4.77. The van der Waals surface area contributed by atoms with E-state index in [2.05, 4.69) is 20.6 Å². The van der Waals surface area contributed by atoms with Gasteiger partial charge < -0.3 is 26.9 Å². The van der Waals surface area contributed by atoms with Crippen molar-refractivity contribution in [2.45, 2.75) is 33.4 Å². The number of hydrogen-bond acceptors (Lipinski definition) is 7. The highest BCUT2D eigenvalue weighted by atomic mass is 16.1. The highest BCUT2D eigenvalue weighted by Crippen LogP contribution is 2.27. The van der Waals surface area contributed by atoms with Gasteiger partial charge in [-0.2, -0.15) is 0 Å². The van der Waals surface area contributed by atoms with Gasteiger partial charge in [-0.1, -0.05) is 24.3 Å². The second-order valence-electron chi connectivity index (χ2n) is 8.05. The second kappa shape index (κ2) is 13.6. The number of aryl methyl sites for hydroxylation is 2. The van der Waals surface area contributed by atoms with E-state index in [0.29, 0.717) is 25.3 Å². The number of nitrogens with two attached hydrogens (primary N) is 2. The molecule has 184 valence electrons. The molecule has 0 aliphatic carbocycles. The van der Waals surface area contributed by atoms with Crippen molar-refractivity contribution in [3.63, 3.8) is 0 Å². The van der Waals surface area contributed by atoms with Crippen molar-refractivity contribution in [2.24, 2.45) is 10.7 Å². The molecular weight excluding hydrogens is 440 g/mol. The normalized spacial score (nSPS) is 11.3. The van der Waals surface area contributed by atoms with Crippen LogP contribution >= 0.6 is 0 Å². The Kier molecular flexibility index (Phi) is 10.6. The molecule has 1 amide bonds. The zero-order valence-electron chi connectivity index (χ0n) is 20.8. The van der Waals surface area contributed by atoms with Gasteiger partial charge in [0.25, 0.3) is 5.91 Å². The first-order chi connectivity index (χ1) is 16.9. The summed E-state index contributed by atoms with van der Waals surface area (Å²) in [5.41, 5.74) is 17.0. The number of aromatic nitrogens is 1. The fraction of sp³-hybridized carbons (Fsp3) is 0.259. The summed E-state index contributed by atoms with van der Waals surface area (Å²) in [5, 5.41) is 7.60. The number of anilines is 1. The van der Waals surface area contributed by atoms with Gasteiger partial charge in [-0.05, 0) is 73.3 Å². The van der Waals surface area contributed by atoms with Gasteiger partial charge in [-0.3, -0.25) is 9.79 Å². The number of rotatable bonds is 8. The zero-order valence-corrected chi connectivity index (χ0v) is 20.8. The third kappa shape index (κ3) is 7.48. The number of hydrogen-bond donors (Lipinski definition) is 4. The molecular formula is C27H34N6O2. The summed E-state index contributed by atoms with van der Waals surface area (Å²) in [7, 11) is 3.75. The number of aldehydes is 1. The minimum Gasteiger partial charge on any atom is -0.404 e. The SMILES string of the molecule is CNC.Cc1cc2c(N)nccc2c(C)c1CNC(=O)/C(C=NCc1ccc(CC=O)cc1)=C/N. The van der Waals surface area contributed by atoms with Crippen molar-refractivity contribution in [3.8, 4) is 0 Å². The maximum Gasteiger partial charge on any atom is 0.254 e. The van der Waals surface area contributed by atoms with Gasteiger partial charge in [0.1, 0.15) is 12.1 Å². The van der Waals surface area contributed by atoms with Crippen LogP contribution in [0.1, 0.15) is 27.8 Å². The summed E-state index contributed by atoms with van der Waals surface area (Å²) in [6.07, 6.45) is 5.67. The van der Waals surface area contributed by atoms with Crippen LogP contribution in [-0.2, 0) is 29.1 Å². The molecule has 0 aliphatic rings. The van der Waals surface area contributed by atoms with E-state index < -0.39 is 0 Å². The Labute approximate surface area is 206 Å². The van der Waals surface area contributed by atoms with E-state index in [1.54, 1.807) is 6.20 Å². The third-order valence-electron chi connectivity index (χ3n) is 5.43. The van der Waals surface area contributed by atoms with Crippen LogP contribution in [0.2, 0.25) is 0 Å². The molecule has 0 saturated carbocycles. The average Bonchev–Trinajstić information content (AvgIpc) is 2.84. The highest BCUT2D eigenvalue weighted by Gasteiger charge is 2.12. The average molecular weight is 475 g/mol. The molecule has 6 N–H and O–H groups in total. The lowest BCUT2D eigenvalue weighted by atomic mass is 9.96. The first-order valence-corrected chi connectivity index (χ1v) is 11.3. The van der Waals surface area contributed by atoms with Crippen molar-refractivity contribution < 1.29 is 9.59 Å². The lowest BCUT2D eigenvalue weighted by Gasteiger charge is -2.15. The molecule has 0 saturated heterocycles. The van der Waals surface area contributed by atoms with Crippen LogP contribution in [0.5, 0.6) is 0 Å². The molecule has 8 nitrogen and oxygen atoms in total. The summed E-state index contributed by atoms with van der Waals surface area (Å²) < 4.78 is 0. The molecule has 1 heterocycles. The van der Waals surface area contributed by atoms with Gasteiger partial charge in [0.05, 0.1) is 12.1 Å². The van der Waals surface area contributed by atoms with E-state index in [1.807, 2.05) is 64.3 Å². The first-order valence-electron chi connectivity index (χ1n) is 11.3. The van der Waals surface area contributed by atoms with E-state index in [0.717, 1.165) is 44.9 Å². The van der Waals surface area contributed by atoms with Crippen LogP contribution in [0.4, 0.5) is 5.82 Å². The fourth-order valence-corrected chi connectivity index (χ4v) is 3.58.